The van der Waals surface area contributed by atoms with Crippen LogP contribution in [0, 0.1) is 11.8 Å². The average molecular weight is 254 g/mol. The van der Waals surface area contributed by atoms with Crippen LogP contribution in [0.3, 0.4) is 0 Å². The normalized spacial score (nSPS) is 31.9. The molecule has 0 aromatic heterocycles. The van der Waals surface area contributed by atoms with E-state index < -0.39 is 12.0 Å². The summed E-state index contributed by atoms with van der Waals surface area (Å²) in [6, 6.07) is -0.930. The van der Waals surface area contributed by atoms with E-state index in [0.717, 1.165) is 19.4 Å². The maximum atomic E-state index is 12.1. The van der Waals surface area contributed by atoms with Crippen molar-refractivity contribution >= 4 is 11.9 Å². The molecule has 0 spiro atoms. The number of carbonyl (C=O) groups is 2. The number of fused-ring (bicyclic) bond motifs is 1. The summed E-state index contributed by atoms with van der Waals surface area (Å²) in [7, 11) is 0. The summed E-state index contributed by atoms with van der Waals surface area (Å²) in [4.78, 5) is 23.2. The highest BCUT2D eigenvalue weighted by Crippen LogP contribution is 2.37. The third kappa shape index (κ3) is 2.66. The van der Waals surface area contributed by atoms with E-state index in [0.29, 0.717) is 18.3 Å². The number of carboxylic acids is 1. The van der Waals surface area contributed by atoms with Crippen LogP contribution in [0.2, 0.25) is 0 Å². The standard InChI is InChI=1S/C13H22N2O3/c1-2-4-10(13(17)18)15-12(16)11-9-6-3-5-8(9)7-14-11/h8-11,14H,2-7H2,1H3,(H,15,16)(H,17,18)/t8?,9?,10-,11?/m0/s1. The maximum absolute atomic E-state index is 12.1. The summed E-state index contributed by atoms with van der Waals surface area (Å²) in [5.41, 5.74) is 0. The molecule has 102 valence electrons. The fraction of sp³-hybridized carbons (Fsp3) is 0.846. The molecule has 0 radical (unpaired) electrons. The van der Waals surface area contributed by atoms with Crippen molar-refractivity contribution in [2.24, 2.45) is 11.8 Å². The zero-order valence-electron chi connectivity index (χ0n) is 10.8. The van der Waals surface area contributed by atoms with Gasteiger partial charge in [-0.1, -0.05) is 19.8 Å². The van der Waals surface area contributed by atoms with Crippen molar-refractivity contribution in [1.82, 2.24) is 10.6 Å². The lowest BCUT2D eigenvalue weighted by molar-refractivity contribution is -0.142. The molecule has 0 aromatic carbocycles. The Hall–Kier alpha value is -1.10. The van der Waals surface area contributed by atoms with Gasteiger partial charge < -0.3 is 15.7 Å². The molecule has 1 heterocycles. The Balaban J connectivity index is 1.92. The molecule has 0 aromatic rings. The number of amides is 1. The van der Waals surface area contributed by atoms with Crippen LogP contribution in [-0.2, 0) is 9.59 Å². The minimum Gasteiger partial charge on any atom is -0.480 e. The van der Waals surface area contributed by atoms with Crippen molar-refractivity contribution in [3.63, 3.8) is 0 Å². The van der Waals surface area contributed by atoms with Gasteiger partial charge in [-0.3, -0.25) is 4.79 Å². The fourth-order valence-electron chi connectivity index (χ4n) is 3.28. The van der Waals surface area contributed by atoms with Crippen molar-refractivity contribution < 1.29 is 14.7 Å². The summed E-state index contributed by atoms with van der Waals surface area (Å²) in [5.74, 6) is -0.0623. The number of nitrogens with one attached hydrogen (secondary N) is 2. The molecule has 2 aliphatic rings. The quantitative estimate of drug-likeness (QED) is 0.676. The second-order valence-electron chi connectivity index (χ2n) is 5.43. The first-order chi connectivity index (χ1) is 8.63. The average Bonchev–Trinajstić information content (AvgIpc) is 2.89. The number of aliphatic carboxylic acids is 1. The van der Waals surface area contributed by atoms with E-state index in [-0.39, 0.29) is 11.9 Å². The lowest BCUT2D eigenvalue weighted by Gasteiger charge is -2.20. The topological polar surface area (TPSA) is 78.4 Å². The van der Waals surface area contributed by atoms with Crippen LogP contribution < -0.4 is 10.6 Å². The van der Waals surface area contributed by atoms with Gasteiger partial charge in [0.2, 0.25) is 5.91 Å². The lowest BCUT2D eigenvalue weighted by Crippen LogP contribution is -2.50. The van der Waals surface area contributed by atoms with Crippen molar-refractivity contribution in [2.75, 3.05) is 6.54 Å². The predicted molar refractivity (Wildman–Crippen MR) is 67.1 cm³/mol. The molecule has 18 heavy (non-hydrogen) atoms. The van der Waals surface area contributed by atoms with Gasteiger partial charge in [-0.05, 0) is 37.6 Å². The molecule has 3 unspecified atom stereocenters. The first-order valence-corrected chi connectivity index (χ1v) is 6.90. The Kier molecular flexibility index (Phi) is 4.22. The zero-order valence-corrected chi connectivity index (χ0v) is 10.8. The van der Waals surface area contributed by atoms with Gasteiger partial charge in [0.25, 0.3) is 0 Å². The van der Waals surface area contributed by atoms with Crippen LogP contribution in [0.4, 0.5) is 0 Å². The second kappa shape index (κ2) is 5.69. The Morgan fingerprint density at radius 1 is 1.44 bits per heavy atom. The van der Waals surface area contributed by atoms with Gasteiger partial charge in [0, 0.05) is 0 Å². The Morgan fingerprint density at radius 2 is 2.22 bits per heavy atom. The number of hydrogen-bond donors (Lipinski definition) is 3. The molecule has 1 amide bonds. The van der Waals surface area contributed by atoms with Crippen LogP contribution in [-0.4, -0.2) is 35.6 Å². The first kappa shape index (κ1) is 13.3. The Labute approximate surface area is 107 Å². The minimum absolute atomic E-state index is 0.134. The SMILES string of the molecule is CCC[C@H](NC(=O)C1NCC2CCCC21)C(=O)O. The van der Waals surface area contributed by atoms with Crippen molar-refractivity contribution in [1.29, 1.82) is 0 Å². The summed E-state index contributed by atoms with van der Waals surface area (Å²) < 4.78 is 0. The molecular formula is C13H22N2O3. The van der Waals surface area contributed by atoms with Gasteiger partial charge in [0.05, 0.1) is 6.04 Å². The van der Waals surface area contributed by atoms with Crippen LogP contribution in [0.1, 0.15) is 39.0 Å². The monoisotopic (exact) mass is 254 g/mol. The molecule has 2 fully saturated rings. The first-order valence-electron chi connectivity index (χ1n) is 6.90. The van der Waals surface area contributed by atoms with Gasteiger partial charge in [-0.2, -0.15) is 0 Å². The van der Waals surface area contributed by atoms with Gasteiger partial charge in [0.15, 0.2) is 0 Å². The van der Waals surface area contributed by atoms with Crippen LogP contribution in [0.25, 0.3) is 0 Å². The molecule has 1 aliphatic heterocycles. The number of rotatable bonds is 5. The van der Waals surface area contributed by atoms with Gasteiger partial charge in [0.1, 0.15) is 6.04 Å². The van der Waals surface area contributed by atoms with E-state index in [1.807, 2.05) is 6.92 Å². The summed E-state index contributed by atoms with van der Waals surface area (Å²) >= 11 is 0. The summed E-state index contributed by atoms with van der Waals surface area (Å²) in [5, 5.41) is 15.0. The molecule has 4 atom stereocenters. The van der Waals surface area contributed by atoms with E-state index in [9.17, 15) is 9.59 Å². The van der Waals surface area contributed by atoms with Gasteiger partial charge in [-0.15, -0.1) is 0 Å². The molecule has 0 bridgehead atoms. The second-order valence-corrected chi connectivity index (χ2v) is 5.43. The molecule has 1 saturated heterocycles. The third-order valence-electron chi connectivity index (χ3n) is 4.22. The Bertz CT molecular complexity index is 332. The smallest absolute Gasteiger partial charge is 0.326 e. The van der Waals surface area contributed by atoms with Crippen molar-refractivity contribution in [2.45, 2.75) is 51.1 Å². The zero-order chi connectivity index (χ0) is 13.1. The minimum atomic E-state index is -0.939. The van der Waals surface area contributed by atoms with Gasteiger partial charge >= 0.3 is 5.97 Å². The fourth-order valence-corrected chi connectivity index (χ4v) is 3.28. The predicted octanol–water partition coefficient (Wildman–Crippen LogP) is 0.744. The highest BCUT2D eigenvalue weighted by atomic mass is 16.4. The highest BCUT2D eigenvalue weighted by Gasteiger charge is 2.42. The molecule has 1 aliphatic carbocycles. The van der Waals surface area contributed by atoms with Crippen LogP contribution in [0.15, 0.2) is 0 Å². The Morgan fingerprint density at radius 3 is 2.89 bits per heavy atom. The maximum Gasteiger partial charge on any atom is 0.326 e. The van der Waals surface area contributed by atoms with E-state index in [1.165, 1.54) is 12.8 Å². The number of hydrogen-bond acceptors (Lipinski definition) is 3. The lowest BCUT2D eigenvalue weighted by atomic mass is 9.93. The van der Waals surface area contributed by atoms with E-state index in [2.05, 4.69) is 10.6 Å². The largest absolute Gasteiger partial charge is 0.480 e. The van der Waals surface area contributed by atoms with E-state index in [4.69, 9.17) is 5.11 Å². The van der Waals surface area contributed by atoms with E-state index >= 15 is 0 Å². The molecule has 2 rings (SSSR count). The molecule has 5 heteroatoms. The molecule has 5 nitrogen and oxygen atoms in total. The number of carbonyl (C=O) groups excluding carboxylic acids is 1. The van der Waals surface area contributed by atoms with Gasteiger partial charge in [-0.25, -0.2) is 4.79 Å². The molecule has 1 saturated carbocycles. The summed E-state index contributed by atoms with van der Waals surface area (Å²) in [6.45, 7) is 2.82. The third-order valence-corrected chi connectivity index (χ3v) is 4.22. The number of carboxylic acid groups (broad SMARTS) is 1. The molecular weight excluding hydrogens is 232 g/mol. The molecule has 3 N–H and O–H groups in total. The van der Waals surface area contributed by atoms with Crippen LogP contribution >= 0.6 is 0 Å². The van der Waals surface area contributed by atoms with Crippen LogP contribution in [0.5, 0.6) is 0 Å². The summed E-state index contributed by atoms with van der Waals surface area (Å²) in [6.07, 6.45) is 4.71. The van der Waals surface area contributed by atoms with Crippen molar-refractivity contribution in [3.05, 3.63) is 0 Å². The van der Waals surface area contributed by atoms with E-state index in [1.54, 1.807) is 0 Å². The van der Waals surface area contributed by atoms with Crippen molar-refractivity contribution in [3.8, 4) is 0 Å². The highest BCUT2D eigenvalue weighted by molar-refractivity contribution is 5.87.